The molecule has 0 spiro atoms. The number of carbonyl (C=O) groups is 1. The molecule has 24 valence electrons. The van der Waals surface area contributed by atoms with Crippen molar-refractivity contribution in [2.75, 3.05) is 0 Å². The minimum absolute atomic E-state index is 0. The molecule has 1 amide bonds. The Morgan fingerprint density at radius 3 is 1.80 bits per heavy atom. The molecule has 0 saturated heterocycles. The van der Waals surface area contributed by atoms with E-state index in [2.05, 4.69) is 5.73 Å². The molecule has 5 heavy (non-hydrogen) atoms. The second-order valence-corrected chi connectivity index (χ2v) is 0.136. The Morgan fingerprint density at radius 1 is 1.80 bits per heavy atom. The molecular formula is CH6KNOSr. The number of carbonyl (C=O) groups excluding carboxylic acids is 1. The van der Waals surface area contributed by atoms with Gasteiger partial charge < -0.3 is 10.0 Å². The fraction of sp³-hybridized carbons (Fsp3) is 0. The maximum Gasteiger partial charge on any atom is 2.00 e. The van der Waals surface area contributed by atoms with Crippen LogP contribution in [0.5, 0.6) is 0 Å². The summed E-state index contributed by atoms with van der Waals surface area (Å²) >= 11 is 0. The molecule has 0 bridgehead atoms. The maximum atomic E-state index is 8.58. The molecule has 0 atom stereocenters. The maximum absolute atomic E-state index is 8.58. The second-order valence-electron chi connectivity index (χ2n) is 0.136. The van der Waals surface area contributed by atoms with Crippen molar-refractivity contribution in [3.8, 4) is 0 Å². The van der Waals surface area contributed by atoms with Gasteiger partial charge in [0.25, 0.3) is 0 Å². The average Bonchev–Trinajstić information content (AvgIpc) is 0.918. The van der Waals surface area contributed by atoms with Gasteiger partial charge >= 0.3 is 96.9 Å². The molecule has 0 aliphatic heterocycles. The van der Waals surface area contributed by atoms with Crippen molar-refractivity contribution in [3.05, 3.63) is 0 Å². The predicted molar refractivity (Wildman–Crippen MR) is 19.3 cm³/mol. The summed E-state index contributed by atoms with van der Waals surface area (Å²) in [6.07, 6.45) is 0.250. The minimum Gasteiger partial charge on any atom is -1.00 e. The fourth-order valence-electron chi connectivity index (χ4n) is 0. The van der Waals surface area contributed by atoms with Gasteiger partial charge in [-0.3, -0.25) is 4.79 Å². The van der Waals surface area contributed by atoms with Crippen LogP contribution >= 0.6 is 0 Å². The van der Waals surface area contributed by atoms with Gasteiger partial charge in [0.1, 0.15) is 0 Å². The SMILES string of the molecule is NC=O.[H-].[H-].[H-].[K+].[Sr+2]. The molecule has 0 radical (unpaired) electrons. The van der Waals surface area contributed by atoms with E-state index in [-0.39, 0.29) is 108 Å². The van der Waals surface area contributed by atoms with E-state index in [4.69, 9.17) is 4.79 Å². The third-order valence-electron chi connectivity index (χ3n) is 0. The molecule has 2 N–H and O–H groups in total. The molecule has 0 aromatic rings. The van der Waals surface area contributed by atoms with Gasteiger partial charge in [0.2, 0.25) is 6.41 Å². The Balaban J connectivity index is -0.00000000200. The van der Waals surface area contributed by atoms with Gasteiger partial charge in [-0.2, -0.15) is 0 Å². The molecule has 0 rings (SSSR count). The number of amides is 1. The summed E-state index contributed by atoms with van der Waals surface area (Å²) in [6, 6.07) is 0. The zero-order valence-electron chi connectivity index (χ0n) is 6.27. The summed E-state index contributed by atoms with van der Waals surface area (Å²) in [5.74, 6) is 0. The number of primary amides is 1. The van der Waals surface area contributed by atoms with Crippen LogP contribution < -0.4 is 57.1 Å². The topological polar surface area (TPSA) is 43.1 Å². The minimum atomic E-state index is 0. The number of hydrogen-bond acceptors (Lipinski definition) is 1. The molecule has 0 aromatic heterocycles. The van der Waals surface area contributed by atoms with Gasteiger partial charge in [0.15, 0.2) is 0 Å². The van der Waals surface area contributed by atoms with Crippen LogP contribution in [-0.4, -0.2) is 51.9 Å². The molecular weight excluding hydrogens is 169 g/mol. The average molecular weight is 175 g/mol. The van der Waals surface area contributed by atoms with Crippen LogP contribution in [0.3, 0.4) is 0 Å². The van der Waals surface area contributed by atoms with Crippen molar-refractivity contribution in [2.45, 2.75) is 0 Å². The number of nitrogens with two attached hydrogens (primary N) is 1. The van der Waals surface area contributed by atoms with Crippen molar-refractivity contribution in [2.24, 2.45) is 5.73 Å². The Morgan fingerprint density at radius 2 is 1.80 bits per heavy atom. The summed E-state index contributed by atoms with van der Waals surface area (Å²) in [7, 11) is 0. The summed E-state index contributed by atoms with van der Waals surface area (Å²) in [5, 5.41) is 0. The third kappa shape index (κ3) is 20.7. The Labute approximate surface area is 115 Å². The first-order chi connectivity index (χ1) is 1.41. The van der Waals surface area contributed by atoms with E-state index in [1.54, 1.807) is 0 Å². The van der Waals surface area contributed by atoms with E-state index < -0.39 is 0 Å². The zero-order chi connectivity index (χ0) is 2.71. The second kappa shape index (κ2) is 16.0. The first kappa shape index (κ1) is 15.6. The van der Waals surface area contributed by atoms with Crippen molar-refractivity contribution in [1.29, 1.82) is 0 Å². The van der Waals surface area contributed by atoms with Crippen LogP contribution in [0.25, 0.3) is 0 Å². The third-order valence-corrected chi connectivity index (χ3v) is 0. The van der Waals surface area contributed by atoms with Gasteiger partial charge in [0.05, 0.1) is 0 Å². The standard InChI is InChI=1S/CH3NO.K.Sr.3H/c2-1-3;;;;;/h1H,(H2,2,3);;;;;/q;+1;+2;3*-1. The molecule has 0 aliphatic carbocycles. The van der Waals surface area contributed by atoms with Crippen molar-refractivity contribution in [1.82, 2.24) is 0 Å². The molecule has 4 heteroatoms. The normalized spacial score (nSPS) is 2.40. The summed E-state index contributed by atoms with van der Waals surface area (Å²) in [6.45, 7) is 0. The molecule has 0 heterocycles. The summed E-state index contributed by atoms with van der Waals surface area (Å²) in [4.78, 5) is 8.58. The summed E-state index contributed by atoms with van der Waals surface area (Å²) < 4.78 is 0. The molecule has 2 nitrogen and oxygen atoms in total. The van der Waals surface area contributed by atoms with Crippen LogP contribution in [0.4, 0.5) is 0 Å². The van der Waals surface area contributed by atoms with Crippen molar-refractivity contribution in [3.63, 3.8) is 0 Å². The van der Waals surface area contributed by atoms with E-state index in [9.17, 15) is 0 Å². The Hall–Kier alpha value is 2.59. The fourth-order valence-corrected chi connectivity index (χ4v) is 0. The number of hydrogen-bond donors (Lipinski definition) is 1. The van der Waals surface area contributed by atoms with E-state index >= 15 is 0 Å². The molecule has 0 saturated carbocycles. The van der Waals surface area contributed by atoms with Crippen molar-refractivity contribution < 1.29 is 60.5 Å². The van der Waals surface area contributed by atoms with Crippen LogP contribution in [0.15, 0.2) is 0 Å². The monoisotopic (exact) mass is 175 g/mol. The van der Waals surface area contributed by atoms with Crippen molar-refractivity contribution >= 4 is 51.9 Å². The largest absolute Gasteiger partial charge is 2.00 e. The first-order valence-electron chi connectivity index (χ1n) is 0.569. The van der Waals surface area contributed by atoms with Crippen LogP contribution in [0.2, 0.25) is 0 Å². The smallest absolute Gasteiger partial charge is 1.00 e. The Kier molecular flexibility index (Phi) is 50.0. The Bertz CT molecular complexity index is 26.8. The van der Waals surface area contributed by atoms with Gasteiger partial charge in [-0.25, -0.2) is 0 Å². The number of rotatable bonds is 0. The van der Waals surface area contributed by atoms with E-state index in [0.29, 0.717) is 0 Å². The molecule has 0 fully saturated rings. The molecule has 0 unspecified atom stereocenters. The van der Waals surface area contributed by atoms with Gasteiger partial charge in [0, 0.05) is 0 Å². The molecule has 0 aliphatic rings. The quantitative estimate of drug-likeness (QED) is 0.296. The summed E-state index contributed by atoms with van der Waals surface area (Å²) in [5.41, 5.74) is 4.17. The van der Waals surface area contributed by atoms with Crippen LogP contribution in [0, 0.1) is 0 Å². The van der Waals surface area contributed by atoms with Crippen LogP contribution in [0.1, 0.15) is 4.28 Å². The van der Waals surface area contributed by atoms with E-state index in [0.717, 1.165) is 0 Å². The molecule has 0 aromatic carbocycles. The van der Waals surface area contributed by atoms with Gasteiger partial charge in [-0.1, -0.05) is 0 Å². The first-order valence-corrected chi connectivity index (χ1v) is 0.569. The zero-order valence-corrected chi connectivity index (χ0v) is 9.87. The van der Waals surface area contributed by atoms with Gasteiger partial charge in [-0.15, -0.1) is 0 Å². The van der Waals surface area contributed by atoms with E-state index in [1.165, 1.54) is 0 Å². The van der Waals surface area contributed by atoms with Crippen LogP contribution in [-0.2, 0) is 4.79 Å². The van der Waals surface area contributed by atoms with Gasteiger partial charge in [-0.05, 0) is 0 Å². The predicted octanol–water partition coefficient (Wildman–Crippen LogP) is -3.94. The van der Waals surface area contributed by atoms with E-state index in [1.807, 2.05) is 0 Å².